The number of hydrogen-bond acceptors (Lipinski definition) is 3. The van der Waals surface area contributed by atoms with Crippen molar-refractivity contribution < 1.29 is 26.9 Å². The Morgan fingerprint density at radius 1 is 0.900 bits per heavy atom. The largest absolute Gasteiger partial charge is 0.363 e. The number of hydrogen-bond donors (Lipinski definition) is 0. The van der Waals surface area contributed by atoms with Crippen LogP contribution in [0.5, 0.6) is 0 Å². The van der Waals surface area contributed by atoms with Crippen LogP contribution in [0, 0.1) is 39.2 Å². The Bertz CT molecular complexity index is 674. The third-order valence-corrected chi connectivity index (χ3v) is 2.43. The molecule has 20 heavy (non-hydrogen) atoms. The van der Waals surface area contributed by atoms with Crippen LogP contribution in [0.15, 0.2) is 18.3 Å². The standard InChI is InChI=1S/C11H3F5N2O2/c12-7-6(8(13)10(15)11(16)9(7)14)4-1-2-5(17-3-4)18(19)20/h1-3H. The Balaban J connectivity index is 2.67. The molecule has 0 aliphatic carbocycles. The molecule has 0 atom stereocenters. The SMILES string of the molecule is O=[N+]([O-])c1ccc(-c2c(F)c(F)c(F)c(F)c2F)cn1. The Hall–Kier alpha value is -2.58. The summed E-state index contributed by atoms with van der Waals surface area (Å²) < 4.78 is 65.8. The number of nitrogens with zero attached hydrogens (tertiary/aromatic N) is 2. The molecule has 104 valence electrons. The molecule has 9 heteroatoms. The smallest absolute Gasteiger partial charge is 0.358 e. The molecule has 1 heterocycles. The minimum Gasteiger partial charge on any atom is -0.358 e. The van der Waals surface area contributed by atoms with Crippen LogP contribution < -0.4 is 0 Å². The summed E-state index contributed by atoms with van der Waals surface area (Å²) in [4.78, 5) is 12.7. The van der Waals surface area contributed by atoms with Gasteiger partial charge < -0.3 is 10.1 Å². The molecule has 0 radical (unpaired) electrons. The van der Waals surface area contributed by atoms with Gasteiger partial charge in [0.1, 0.15) is 6.20 Å². The molecule has 2 rings (SSSR count). The molecule has 0 bridgehead atoms. The minimum atomic E-state index is -2.28. The lowest BCUT2D eigenvalue weighted by atomic mass is 10.1. The summed E-state index contributed by atoms with van der Waals surface area (Å²) in [6.07, 6.45) is 0.649. The number of halogens is 5. The molecule has 0 aliphatic heterocycles. The maximum Gasteiger partial charge on any atom is 0.363 e. The Kier molecular flexibility index (Phi) is 3.35. The first-order valence-corrected chi connectivity index (χ1v) is 4.96. The number of rotatable bonds is 2. The summed E-state index contributed by atoms with van der Waals surface area (Å²) in [6, 6.07) is 1.62. The molecule has 0 saturated carbocycles. The average Bonchev–Trinajstić information content (AvgIpc) is 2.44. The molecule has 0 N–H and O–H groups in total. The summed E-state index contributed by atoms with van der Waals surface area (Å²) in [6.45, 7) is 0. The van der Waals surface area contributed by atoms with Crippen LogP contribution in [-0.4, -0.2) is 9.91 Å². The highest BCUT2D eigenvalue weighted by Gasteiger charge is 2.27. The fourth-order valence-electron chi connectivity index (χ4n) is 1.50. The molecule has 4 nitrogen and oxygen atoms in total. The zero-order valence-corrected chi connectivity index (χ0v) is 9.33. The Morgan fingerprint density at radius 2 is 1.40 bits per heavy atom. The van der Waals surface area contributed by atoms with Crippen molar-refractivity contribution >= 4 is 5.82 Å². The van der Waals surface area contributed by atoms with Gasteiger partial charge in [-0.1, -0.05) is 0 Å². The van der Waals surface area contributed by atoms with Gasteiger partial charge in [0.05, 0.1) is 5.56 Å². The van der Waals surface area contributed by atoms with Crippen molar-refractivity contribution in [1.29, 1.82) is 0 Å². The summed E-state index contributed by atoms with van der Waals surface area (Å²) in [5.41, 5.74) is -1.66. The highest BCUT2D eigenvalue weighted by Crippen LogP contribution is 2.31. The topological polar surface area (TPSA) is 56.0 Å². The second-order valence-electron chi connectivity index (χ2n) is 3.61. The van der Waals surface area contributed by atoms with Crippen LogP contribution in [0.2, 0.25) is 0 Å². The first-order chi connectivity index (χ1) is 9.34. The molecule has 0 unspecified atom stereocenters. The van der Waals surface area contributed by atoms with E-state index in [4.69, 9.17) is 0 Å². The molecule has 0 saturated heterocycles. The van der Waals surface area contributed by atoms with Gasteiger partial charge in [-0.15, -0.1) is 0 Å². The normalized spacial score (nSPS) is 10.7. The van der Waals surface area contributed by atoms with Crippen LogP contribution in [0.25, 0.3) is 11.1 Å². The predicted molar refractivity (Wildman–Crippen MR) is 56.1 cm³/mol. The Labute approximate surface area is 107 Å². The third-order valence-electron chi connectivity index (χ3n) is 2.43. The van der Waals surface area contributed by atoms with E-state index < -0.39 is 51.0 Å². The minimum absolute atomic E-state index is 0.469. The zero-order chi connectivity index (χ0) is 15.0. The van der Waals surface area contributed by atoms with Crippen LogP contribution in [0.1, 0.15) is 0 Å². The highest BCUT2D eigenvalue weighted by atomic mass is 19.2. The van der Waals surface area contributed by atoms with Gasteiger partial charge in [0.2, 0.25) is 5.82 Å². The second kappa shape index (κ2) is 4.83. The summed E-state index contributed by atoms with van der Waals surface area (Å²) in [7, 11) is 0. The van der Waals surface area contributed by atoms with E-state index in [0.717, 1.165) is 12.1 Å². The van der Waals surface area contributed by atoms with Crippen molar-refractivity contribution in [2.24, 2.45) is 0 Å². The van der Waals surface area contributed by atoms with E-state index in [1.165, 1.54) is 0 Å². The fraction of sp³-hybridized carbons (Fsp3) is 0. The van der Waals surface area contributed by atoms with Crippen LogP contribution >= 0.6 is 0 Å². The van der Waals surface area contributed by atoms with Crippen molar-refractivity contribution in [2.75, 3.05) is 0 Å². The van der Waals surface area contributed by atoms with Gasteiger partial charge in [0, 0.05) is 11.6 Å². The van der Waals surface area contributed by atoms with Gasteiger partial charge in [-0.3, -0.25) is 0 Å². The van der Waals surface area contributed by atoms with E-state index in [-0.39, 0.29) is 0 Å². The van der Waals surface area contributed by atoms with E-state index >= 15 is 0 Å². The molecule has 0 aliphatic rings. The summed E-state index contributed by atoms with van der Waals surface area (Å²) >= 11 is 0. The van der Waals surface area contributed by atoms with E-state index in [1.54, 1.807) is 0 Å². The van der Waals surface area contributed by atoms with Crippen molar-refractivity contribution in [1.82, 2.24) is 4.98 Å². The second-order valence-corrected chi connectivity index (χ2v) is 3.61. The molecule has 0 fully saturated rings. The van der Waals surface area contributed by atoms with Gasteiger partial charge in [-0.2, -0.15) is 0 Å². The van der Waals surface area contributed by atoms with Gasteiger partial charge in [0.15, 0.2) is 23.3 Å². The zero-order valence-electron chi connectivity index (χ0n) is 9.33. The van der Waals surface area contributed by atoms with Crippen LogP contribution in [-0.2, 0) is 0 Å². The highest BCUT2D eigenvalue weighted by molar-refractivity contribution is 5.65. The maximum absolute atomic E-state index is 13.5. The number of benzene rings is 1. The first-order valence-electron chi connectivity index (χ1n) is 4.96. The maximum atomic E-state index is 13.5. The molecule has 0 spiro atoms. The Morgan fingerprint density at radius 3 is 1.80 bits per heavy atom. The van der Waals surface area contributed by atoms with Crippen molar-refractivity contribution in [3.8, 4) is 11.1 Å². The summed E-state index contributed by atoms with van der Waals surface area (Å²) in [5.74, 6) is -11.2. The van der Waals surface area contributed by atoms with Crippen LogP contribution in [0.3, 0.4) is 0 Å². The first kappa shape index (κ1) is 13.8. The monoisotopic (exact) mass is 290 g/mol. The van der Waals surface area contributed by atoms with Crippen molar-refractivity contribution in [3.05, 3.63) is 57.5 Å². The van der Waals surface area contributed by atoms with E-state index in [0.29, 0.717) is 6.20 Å². The van der Waals surface area contributed by atoms with Gasteiger partial charge in [-0.05, 0) is 16.0 Å². The third kappa shape index (κ3) is 2.06. The van der Waals surface area contributed by atoms with Crippen molar-refractivity contribution in [3.63, 3.8) is 0 Å². The number of aromatic nitrogens is 1. The lowest BCUT2D eigenvalue weighted by Crippen LogP contribution is -2.04. The van der Waals surface area contributed by atoms with Crippen LogP contribution in [0.4, 0.5) is 27.8 Å². The van der Waals surface area contributed by atoms with Gasteiger partial charge in [0.25, 0.3) is 0 Å². The number of nitro groups is 1. The molecule has 1 aromatic heterocycles. The quantitative estimate of drug-likeness (QED) is 0.280. The fourth-order valence-corrected chi connectivity index (χ4v) is 1.50. The molecule has 2 aromatic rings. The van der Waals surface area contributed by atoms with Gasteiger partial charge in [-0.25, -0.2) is 22.0 Å². The van der Waals surface area contributed by atoms with E-state index in [1.807, 2.05) is 0 Å². The molecular formula is C11H3F5N2O2. The lowest BCUT2D eigenvalue weighted by molar-refractivity contribution is -0.389. The van der Waals surface area contributed by atoms with E-state index in [2.05, 4.69) is 4.98 Å². The van der Waals surface area contributed by atoms with Gasteiger partial charge >= 0.3 is 5.82 Å². The lowest BCUT2D eigenvalue weighted by Gasteiger charge is -2.06. The summed E-state index contributed by atoms with van der Waals surface area (Å²) in [5, 5.41) is 10.4. The average molecular weight is 290 g/mol. The molecular weight excluding hydrogens is 287 g/mol. The number of pyridine rings is 1. The molecule has 0 amide bonds. The molecule has 1 aromatic carbocycles. The van der Waals surface area contributed by atoms with E-state index in [9.17, 15) is 32.1 Å². The van der Waals surface area contributed by atoms with Crippen molar-refractivity contribution in [2.45, 2.75) is 0 Å². The predicted octanol–water partition coefficient (Wildman–Crippen LogP) is 3.35.